The fourth-order valence-electron chi connectivity index (χ4n) is 2.45. The van der Waals surface area contributed by atoms with Crippen LogP contribution in [0.5, 0.6) is 0 Å². The van der Waals surface area contributed by atoms with Gasteiger partial charge in [-0.05, 0) is 35.4 Å². The molecule has 0 saturated carbocycles. The number of rotatable bonds is 3. The summed E-state index contributed by atoms with van der Waals surface area (Å²) in [6.45, 7) is 2.84. The number of nitrogens with zero attached hydrogens (tertiary/aromatic N) is 4. The van der Waals surface area contributed by atoms with E-state index in [1.54, 1.807) is 0 Å². The predicted octanol–water partition coefficient (Wildman–Crippen LogP) is 1.19. The van der Waals surface area contributed by atoms with E-state index in [1.165, 1.54) is 18.4 Å². The van der Waals surface area contributed by atoms with Gasteiger partial charge >= 0.3 is 0 Å². The summed E-state index contributed by atoms with van der Waals surface area (Å²) >= 11 is 0. The lowest BCUT2D eigenvalue weighted by Gasteiger charge is -2.21. The molecule has 1 fully saturated rings. The Bertz CT molecular complexity index is 487. The fraction of sp³-hybridized carbons (Fsp3) is 0.462. The quantitative estimate of drug-likeness (QED) is 0.879. The highest BCUT2D eigenvalue weighted by Gasteiger charge is 2.21. The van der Waals surface area contributed by atoms with E-state index in [9.17, 15) is 0 Å². The van der Waals surface area contributed by atoms with Gasteiger partial charge in [0.1, 0.15) is 0 Å². The van der Waals surface area contributed by atoms with Gasteiger partial charge in [0.15, 0.2) is 5.82 Å². The summed E-state index contributed by atoms with van der Waals surface area (Å²) in [4.78, 5) is 0. The van der Waals surface area contributed by atoms with Crippen LogP contribution in [-0.2, 0) is 6.54 Å². The number of piperidine rings is 1. The minimum Gasteiger partial charge on any atom is -0.316 e. The maximum atomic E-state index is 4.20. The summed E-state index contributed by atoms with van der Waals surface area (Å²) in [5.74, 6) is 1.45. The topological polar surface area (TPSA) is 55.6 Å². The van der Waals surface area contributed by atoms with Crippen LogP contribution in [0, 0.1) is 0 Å². The molecule has 2 aromatic rings. The molecule has 1 saturated heterocycles. The van der Waals surface area contributed by atoms with Gasteiger partial charge in [-0.1, -0.05) is 30.3 Å². The normalized spacial score (nSPS) is 19.9. The number of hydrogen-bond acceptors (Lipinski definition) is 4. The lowest BCUT2D eigenvalue weighted by atomic mass is 9.99. The maximum absolute atomic E-state index is 4.20. The largest absolute Gasteiger partial charge is 0.316 e. The van der Waals surface area contributed by atoms with Gasteiger partial charge in [-0.15, -0.1) is 5.10 Å². The van der Waals surface area contributed by atoms with Gasteiger partial charge in [-0.25, -0.2) is 4.68 Å². The first-order valence-corrected chi connectivity index (χ1v) is 6.44. The van der Waals surface area contributed by atoms with Crippen molar-refractivity contribution in [2.75, 3.05) is 13.1 Å². The van der Waals surface area contributed by atoms with Crippen molar-refractivity contribution < 1.29 is 0 Å². The van der Waals surface area contributed by atoms with Crippen molar-refractivity contribution in [3.05, 3.63) is 41.7 Å². The molecule has 1 aliphatic rings. The van der Waals surface area contributed by atoms with Gasteiger partial charge < -0.3 is 5.32 Å². The molecule has 0 radical (unpaired) electrons. The molecule has 0 amide bonds. The Hall–Kier alpha value is -1.75. The van der Waals surface area contributed by atoms with E-state index in [1.807, 2.05) is 22.9 Å². The third kappa shape index (κ3) is 2.41. The molecule has 0 aliphatic carbocycles. The minimum atomic E-state index is 0.442. The first kappa shape index (κ1) is 11.3. The number of hydrogen-bond donors (Lipinski definition) is 1. The molecular weight excluding hydrogens is 226 g/mol. The first-order valence-electron chi connectivity index (χ1n) is 6.44. The molecule has 0 spiro atoms. The second-order valence-corrected chi connectivity index (χ2v) is 4.72. The zero-order chi connectivity index (χ0) is 12.2. The summed E-state index contributed by atoms with van der Waals surface area (Å²) < 4.78 is 1.92. The highest BCUT2D eigenvalue weighted by Crippen LogP contribution is 2.20. The Morgan fingerprint density at radius 2 is 2.17 bits per heavy atom. The summed E-state index contributed by atoms with van der Waals surface area (Å²) in [5.41, 5.74) is 1.23. The van der Waals surface area contributed by atoms with Crippen LogP contribution in [-0.4, -0.2) is 33.3 Å². The van der Waals surface area contributed by atoms with Gasteiger partial charge in [0.05, 0.1) is 6.54 Å². The molecule has 1 N–H and O–H groups in total. The van der Waals surface area contributed by atoms with Gasteiger partial charge in [0, 0.05) is 12.5 Å². The van der Waals surface area contributed by atoms with Crippen molar-refractivity contribution in [2.45, 2.75) is 25.3 Å². The molecule has 1 unspecified atom stereocenters. The van der Waals surface area contributed by atoms with Gasteiger partial charge in [-0.3, -0.25) is 0 Å². The summed E-state index contributed by atoms with van der Waals surface area (Å²) in [6, 6.07) is 10.3. The smallest absolute Gasteiger partial charge is 0.156 e. The van der Waals surface area contributed by atoms with E-state index in [0.29, 0.717) is 5.92 Å². The number of aromatic nitrogens is 4. The van der Waals surface area contributed by atoms with E-state index < -0.39 is 0 Å². The van der Waals surface area contributed by atoms with Crippen molar-refractivity contribution in [1.29, 1.82) is 0 Å². The average molecular weight is 243 g/mol. The van der Waals surface area contributed by atoms with Crippen LogP contribution in [0.15, 0.2) is 30.3 Å². The van der Waals surface area contributed by atoms with E-state index in [0.717, 1.165) is 25.5 Å². The van der Waals surface area contributed by atoms with Gasteiger partial charge in [-0.2, -0.15) is 0 Å². The van der Waals surface area contributed by atoms with Crippen LogP contribution in [0.3, 0.4) is 0 Å². The van der Waals surface area contributed by atoms with E-state index >= 15 is 0 Å². The summed E-state index contributed by atoms with van der Waals surface area (Å²) in [5, 5.41) is 15.5. The highest BCUT2D eigenvalue weighted by atomic mass is 15.5. The van der Waals surface area contributed by atoms with E-state index in [4.69, 9.17) is 0 Å². The highest BCUT2D eigenvalue weighted by molar-refractivity contribution is 5.15. The third-order valence-electron chi connectivity index (χ3n) is 3.40. The Kier molecular flexibility index (Phi) is 3.32. The van der Waals surface area contributed by atoms with Crippen molar-refractivity contribution in [1.82, 2.24) is 25.5 Å². The van der Waals surface area contributed by atoms with Crippen LogP contribution >= 0.6 is 0 Å². The van der Waals surface area contributed by atoms with Crippen molar-refractivity contribution in [3.8, 4) is 0 Å². The SMILES string of the molecule is c1ccc(Cn2nnnc2C2CCCNC2)cc1. The fourth-order valence-corrected chi connectivity index (χ4v) is 2.45. The molecule has 0 bridgehead atoms. The van der Waals surface area contributed by atoms with Gasteiger partial charge in [0.25, 0.3) is 0 Å². The lowest BCUT2D eigenvalue weighted by molar-refractivity contribution is 0.429. The van der Waals surface area contributed by atoms with Crippen molar-refractivity contribution in [2.24, 2.45) is 0 Å². The predicted molar refractivity (Wildman–Crippen MR) is 68.2 cm³/mol. The summed E-state index contributed by atoms with van der Waals surface area (Å²) in [6.07, 6.45) is 2.37. The second kappa shape index (κ2) is 5.27. The minimum absolute atomic E-state index is 0.442. The third-order valence-corrected chi connectivity index (χ3v) is 3.40. The molecule has 1 aliphatic heterocycles. The molecule has 1 atom stereocenters. The molecule has 1 aromatic carbocycles. The van der Waals surface area contributed by atoms with E-state index in [2.05, 4.69) is 33.0 Å². The van der Waals surface area contributed by atoms with Crippen molar-refractivity contribution in [3.63, 3.8) is 0 Å². The number of tetrazole rings is 1. The maximum Gasteiger partial charge on any atom is 0.156 e. The second-order valence-electron chi connectivity index (χ2n) is 4.72. The molecule has 2 heterocycles. The van der Waals surface area contributed by atoms with E-state index in [-0.39, 0.29) is 0 Å². The molecule has 5 nitrogen and oxygen atoms in total. The average Bonchev–Trinajstić information content (AvgIpc) is 2.89. The van der Waals surface area contributed by atoms with Crippen LogP contribution in [0.25, 0.3) is 0 Å². The molecule has 18 heavy (non-hydrogen) atoms. The van der Waals surface area contributed by atoms with Crippen molar-refractivity contribution >= 4 is 0 Å². The molecule has 3 rings (SSSR count). The standard InChI is InChI=1S/C13H17N5/c1-2-5-11(6-3-1)10-18-13(15-16-17-18)12-7-4-8-14-9-12/h1-3,5-6,12,14H,4,7-10H2. The molecule has 94 valence electrons. The molecule has 5 heteroatoms. The lowest BCUT2D eigenvalue weighted by Crippen LogP contribution is -2.30. The van der Waals surface area contributed by atoms with Crippen LogP contribution in [0.4, 0.5) is 0 Å². The summed E-state index contributed by atoms with van der Waals surface area (Å²) in [7, 11) is 0. The molecular formula is C13H17N5. The Labute approximate surface area is 106 Å². The van der Waals surface area contributed by atoms with Crippen LogP contribution in [0.2, 0.25) is 0 Å². The first-order chi connectivity index (χ1) is 8.93. The van der Waals surface area contributed by atoms with Crippen LogP contribution in [0.1, 0.15) is 30.1 Å². The molecule has 1 aromatic heterocycles. The zero-order valence-corrected chi connectivity index (χ0v) is 10.3. The Balaban J connectivity index is 1.78. The zero-order valence-electron chi connectivity index (χ0n) is 10.3. The van der Waals surface area contributed by atoms with Crippen LogP contribution < -0.4 is 5.32 Å². The Morgan fingerprint density at radius 3 is 2.94 bits per heavy atom. The Morgan fingerprint density at radius 1 is 1.28 bits per heavy atom. The van der Waals surface area contributed by atoms with Gasteiger partial charge in [0.2, 0.25) is 0 Å². The number of nitrogens with one attached hydrogen (secondary N) is 1. The monoisotopic (exact) mass is 243 g/mol. The number of benzene rings is 1.